The summed E-state index contributed by atoms with van der Waals surface area (Å²) in [5.74, 6) is -0.827. The molecule has 1 aliphatic heterocycles. The molecule has 234 valence electrons. The number of rotatable bonds is 11. The molecule has 0 bridgehead atoms. The van der Waals surface area contributed by atoms with Crippen molar-refractivity contribution in [3.8, 4) is 17.2 Å². The monoisotopic (exact) mass is 605 g/mol. The minimum absolute atomic E-state index is 0.0322. The maximum atomic E-state index is 14.9. The van der Waals surface area contributed by atoms with Gasteiger partial charge >= 0.3 is 12.1 Å². The molecule has 4 rings (SSSR count). The van der Waals surface area contributed by atoms with Gasteiger partial charge in [0.15, 0.2) is 11.5 Å². The summed E-state index contributed by atoms with van der Waals surface area (Å²) in [7, 11) is 6.59. The fraction of sp³-hybridized carbons (Fsp3) is 0.467. The lowest BCUT2D eigenvalue weighted by Gasteiger charge is -2.30. The first-order valence-corrected chi connectivity index (χ1v) is 14.0. The molecule has 1 atom stereocenters. The van der Waals surface area contributed by atoms with Crippen molar-refractivity contribution in [2.45, 2.75) is 26.1 Å². The average Bonchev–Trinajstić information content (AvgIpc) is 2.98. The first kappa shape index (κ1) is 32.0. The molecule has 13 heteroatoms. The molecular weight excluding hydrogens is 567 g/mol. The van der Waals surface area contributed by atoms with Gasteiger partial charge in [0.1, 0.15) is 23.7 Å². The van der Waals surface area contributed by atoms with Gasteiger partial charge in [-0.2, -0.15) is 13.2 Å². The Bertz CT molecular complexity index is 1440. The zero-order chi connectivity index (χ0) is 31.3. The molecule has 1 aliphatic rings. The van der Waals surface area contributed by atoms with Gasteiger partial charge < -0.3 is 39.4 Å². The first-order valence-electron chi connectivity index (χ1n) is 14.0. The van der Waals surface area contributed by atoms with Gasteiger partial charge in [0.2, 0.25) is 0 Å². The molecular formula is C30H38F3N5O5. The van der Waals surface area contributed by atoms with Crippen molar-refractivity contribution in [3.05, 3.63) is 41.5 Å². The summed E-state index contributed by atoms with van der Waals surface area (Å²) in [5, 5.41) is 5.90. The number of anilines is 3. The predicted octanol–water partition coefficient (Wildman–Crippen LogP) is 4.93. The number of hydrogen-bond acceptors (Lipinski definition) is 10. The number of esters is 1. The quantitative estimate of drug-likeness (QED) is 0.293. The van der Waals surface area contributed by atoms with Crippen LogP contribution in [0.2, 0.25) is 0 Å². The van der Waals surface area contributed by atoms with Crippen LogP contribution in [0.25, 0.3) is 10.9 Å². The number of alkyl halides is 3. The summed E-state index contributed by atoms with van der Waals surface area (Å²) >= 11 is 0. The molecule has 1 saturated heterocycles. The second-order valence-corrected chi connectivity index (χ2v) is 10.3. The number of ether oxygens (including phenoxy) is 4. The van der Waals surface area contributed by atoms with E-state index < -0.39 is 23.3 Å². The van der Waals surface area contributed by atoms with E-state index in [1.807, 2.05) is 32.0 Å². The number of halogens is 3. The molecule has 3 aromatic rings. The van der Waals surface area contributed by atoms with Crippen LogP contribution < -0.4 is 29.7 Å². The lowest BCUT2D eigenvalue weighted by Crippen LogP contribution is -2.43. The topological polar surface area (TPSA) is 97.4 Å². The molecule has 2 aromatic carbocycles. The maximum Gasteiger partial charge on any atom is 0.418 e. The van der Waals surface area contributed by atoms with Crippen molar-refractivity contribution < 1.29 is 36.9 Å². The van der Waals surface area contributed by atoms with Crippen LogP contribution in [0.5, 0.6) is 17.2 Å². The van der Waals surface area contributed by atoms with E-state index in [1.54, 1.807) is 12.1 Å². The molecule has 0 spiro atoms. The number of hydrogen-bond donors (Lipinski definition) is 2. The standard InChI is InChI=1S/C30H38F3N5O5/c1-7-42-29(39)26-27(30(31,32)33)20-15-25(43-17-18(2)37(3)4)24(41-6)16-22(20)36-28(26)35-21-9-8-19(14-23(21)40-5)38-12-10-34-11-13-38/h8-9,14-16,18,34H,7,10-13,17H2,1-6H3,(H,35,36). The van der Waals surface area contributed by atoms with Gasteiger partial charge in [-0.25, -0.2) is 9.78 Å². The van der Waals surface area contributed by atoms with Crippen LogP contribution in [-0.2, 0) is 10.9 Å². The van der Waals surface area contributed by atoms with Gasteiger partial charge in [0, 0.05) is 55.4 Å². The number of methoxy groups -OCH3 is 2. The number of aromatic nitrogens is 1. The Balaban J connectivity index is 1.88. The number of nitrogens with zero attached hydrogens (tertiary/aromatic N) is 3. The van der Waals surface area contributed by atoms with E-state index in [9.17, 15) is 18.0 Å². The first-order chi connectivity index (χ1) is 20.5. The molecule has 0 radical (unpaired) electrons. The maximum absolute atomic E-state index is 14.9. The Hall–Kier alpha value is -3.97. The summed E-state index contributed by atoms with van der Waals surface area (Å²) in [5.41, 5.74) is -0.755. The lowest BCUT2D eigenvalue weighted by atomic mass is 10.0. The molecule has 0 amide bonds. The van der Waals surface area contributed by atoms with Crippen molar-refractivity contribution >= 4 is 34.1 Å². The number of benzene rings is 2. The molecule has 2 heterocycles. The van der Waals surface area contributed by atoms with E-state index >= 15 is 0 Å². The smallest absolute Gasteiger partial charge is 0.418 e. The van der Waals surface area contributed by atoms with Crippen molar-refractivity contribution in [1.82, 2.24) is 15.2 Å². The summed E-state index contributed by atoms with van der Waals surface area (Å²) in [6, 6.07) is 7.87. The van der Waals surface area contributed by atoms with Gasteiger partial charge in [-0.3, -0.25) is 0 Å². The molecule has 0 saturated carbocycles. The van der Waals surface area contributed by atoms with Crippen LogP contribution in [-0.4, -0.2) is 89.6 Å². The number of nitrogens with one attached hydrogen (secondary N) is 2. The van der Waals surface area contributed by atoms with E-state index in [1.165, 1.54) is 33.3 Å². The molecule has 2 N–H and O–H groups in total. The number of piperazine rings is 1. The van der Waals surface area contributed by atoms with Gasteiger partial charge in [0.05, 0.1) is 37.6 Å². The van der Waals surface area contributed by atoms with Crippen LogP contribution in [0.4, 0.5) is 30.4 Å². The van der Waals surface area contributed by atoms with Gasteiger partial charge in [0.25, 0.3) is 0 Å². The molecule has 10 nitrogen and oxygen atoms in total. The summed E-state index contributed by atoms with van der Waals surface area (Å²) in [6.45, 7) is 6.75. The SMILES string of the molecule is CCOC(=O)c1c(Nc2ccc(N3CCNCC3)cc2OC)nc2cc(OC)c(OCC(C)N(C)C)cc2c1C(F)(F)F. The van der Waals surface area contributed by atoms with E-state index in [4.69, 9.17) is 18.9 Å². The van der Waals surface area contributed by atoms with Crippen LogP contribution in [0, 0.1) is 0 Å². The summed E-state index contributed by atoms with van der Waals surface area (Å²) in [6.07, 6.45) is -4.95. The van der Waals surface area contributed by atoms with Crippen LogP contribution >= 0.6 is 0 Å². The second kappa shape index (κ2) is 13.6. The fourth-order valence-electron chi connectivity index (χ4n) is 4.72. The predicted molar refractivity (Wildman–Crippen MR) is 159 cm³/mol. The third kappa shape index (κ3) is 7.16. The minimum Gasteiger partial charge on any atom is -0.494 e. The van der Waals surface area contributed by atoms with Crippen molar-refractivity contribution in [2.75, 3.05) is 77.9 Å². The highest BCUT2D eigenvalue weighted by molar-refractivity contribution is 6.04. The highest BCUT2D eigenvalue weighted by atomic mass is 19.4. The van der Waals surface area contributed by atoms with Gasteiger partial charge in [-0.15, -0.1) is 0 Å². The van der Waals surface area contributed by atoms with E-state index in [0.29, 0.717) is 11.4 Å². The van der Waals surface area contributed by atoms with Crippen molar-refractivity contribution in [3.63, 3.8) is 0 Å². The molecule has 1 fully saturated rings. The Morgan fingerprint density at radius 3 is 2.40 bits per heavy atom. The Morgan fingerprint density at radius 2 is 1.79 bits per heavy atom. The number of carbonyl (C=O) groups is 1. The van der Waals surface area contributed by atoms with Crippen molar-refractivity contribution in [1.29, 1.82) is 0 Å². The Morgan fingerprint density at radius 1 is 1.09 bits per heavy atom. The van der Waals surface area contributed by atoms with E-state index in [-0.39, 0.29) is 47.5 Å². The molecule has 43 heavy (non-hydrogen) atoms. The number of carbonyl (C=O) groups excluding carboxylic acids is 1. The summed E-state index contributed by atoms with van der Waals surface area (Å²) in [4.78, 5) is 21.7. The number of likely N-dealkylation sites (N-methyl/N-ethyl adjacent to an activating group) is 1. The zero-order valence-electron chi connectivity index (χ0n) is 25.2. The normalized spacial score (nSPS) is 14.5. The van der Waals surface area contributed by atoms with E-state index in [0.717, 1.165) is 31.9 Å². The number of pyridine rings is 1. The molecule has 0 aliphatic carbocycles. The Labute approximate surface area is 249 Å². The fourth-order valence-corrected chi connectivity index (χ4v) is 4.72. The van der Waals surface area contributed by atoms with Crippen LogP contribution in [0.15, 0.2) is 30.3 Å². The van der Waals surface area contributed by atoms with E-state index in [2.05, 4.69) is 20.5 Å². The Kier molecular flexibility index (Phi) is 10.1. The molecule has 1 unspecified atom stereocenters. The largest absolute Gasteiger partial charge is 0.494 e. The zero-order valence-corrected chi connectivity index (χ0v) is 25.2. The molecule has 1 aromatic heterocycles. The summed E-state index contributed by atoms with van der Waals surface area (Å²) < 4.78 is 66.6. The van der Waals surface area contributed by atoms with Gasteiger partial charge in [-0.1, -0.05) is 0 Å². The van der Waals surface area contributed by atoms with Crippen LogP contribution in [0.1, 0.15) is 29.8 Å². The van der Waals surface area contributed by atoms with Crippen molar-refractivity contribution in [2.24, 2.45) is 0 Å². The number of fused-ring (bicyclic) bond motifs is 1. The van der Waals surface area contributed by atoms with Gasteiger partial charge in [-0.05, 0) is 46.1 Å². The minimum atomic E-state index is -4.95. The third-order valence-corrected chi connectivity index (χ3v) is 7.32. The second-order valence-electron chi connectivity index (χ2n) is 10.3. The van der Waals surface area contributed by atoms with Crippen LogP contribution in [0.3, 0.4) is 0 Å². The highest BCUT2D eigenvalue weighted by Crippen LogP contribution is 2.44. The average molecular weight is 606 g/mol. The highest BCUT2D eigenvalue weighted by Gasteiger charge is 2.41. The third-order valence-electron chi connectivity index (χ3n) is 7.32. The lowest BCUT2D eigenvalue weighted by molar-refractivity contribution is -0.136.